The molecule has 3 aromatic carbocycles. The van der Waals surface area contributed by atoms with Gasteiger partial charge in [0.25, 0.3) is 5.91 Å². The van der Waals surface area contributed by atoms with Crippen molar-refractivity contribution in [2.45, 2.75) is 27.0 Å². The maximum atomic E-state index is 12.5. The number of carbonyl (C=O) groups excluding carboxylic acids is 1. The van der Waals surface area contributed by atoms with Gasteiger partial charge in [-0.1, -0.05) is 59.7 Å². The molecule has 0 spiro atoms. The maximum absolute atomic E-state index is 12.5. The van der Waals surface area contributed by atoms with Gasteiger partial charge in [0, 0.05) is 0 Å². The number of halogens is 1. The molecule has 7 heteroatoms. The van der Waals surface area contributed by atoms with Gasteiger partial charge in [-0.3, -0.25) is 9.79 Å². The van der Waals surface area contributed by atoms with E-state index in [2.05, 4.69) is 58.3 Å². The van der Waals surface area contributed by atoms with Gasteiger partial charge in [0.05, 0.1) is 23.0 Å². The van der Waals surface area contributed by atoms with Gasteiger partial charge in [0.15, 0.2) is 16.7 Å². The lowest BCUT2D eigenvalue weighted by Gasteiger charge is -2.13. The van der Waals surface area contributed by atoms with Crippen molar-refractivity contribution in [3.05, 3.63) is 97.9 Å². The van der Waals surface area contributed by atoms with E-state index in [0.29, 0.717) is 34.7 Å². The Morgan fingerprint density at radius 2 is 1.76 bits per heavy atom. The Morgan fingerprint density at radius 1 is 1.03 bits per heavy atom. The Morgan fingerprint density at radius 3 is 2.47 bits per heavy atom. The van der Waals surface area contributed by atoms with Crippen LogP contribution < -0.4 is 14.8 Å². The van der Waals surface area contributed by atoms with Gasteiger partial charge in [-0.15, -0.1) is 0 Å². The van der Waals surface area contributed by atoms with Gasteiger partial charge in [0.1, 0.15) is 6.61 Å². The summed E-state index contributed by atoms with van der Waals surface area (Å²) in [4.78, 5) is 17.7. The highest BCUT2D eigenvalue weighted by Gasteiger charge is 2.24. The van der Waals surface area contributed by atoms with Crippen LogP contribution in [0.25, 0.3) is 6.08 Å². The smallest absolute Gasteiger partial charge is 0.264 e. The van der Waals surface area contributed by atoms with Gasteiger partial charge in [0.2, 0.25) is 0 Å². The topological polar surface area (TPSA) is 59.9 Å². The van der Waals surface area contributed by atoms with E-state index in [-0.39, 0.29) is 5.91 Å². The molecule has 5 nitrogen and oxygen atoms in total. The van der Waals surface area contributed by atoms with E-state index < -0.39 is 0 Å². The van der Waals surface area contributed by atoms with Crippen molar-refractivity contribution in [1.82, 2.24) is 5.32 Å². The number of thioether (sulfide) groups is 1. The maximum Gasteiger partial charge on any atom is 0.264 e. The van der Waals surface area contributed by atoms with Crippen molar-refractivity contribution >= 4 is 44.8 Å². The molecule has 3 aromatic rings. The number of nitrogens with zero attached hydrogens (tertiary/aromatic N) is 1. The van der Waals surface area contributed by atoms with Crippen molar-refractivity contribution in [3.8, 4) is 11.5 Å². The summed E-state index contributed by atoms with van der Waals surface area (Å²) in [5, 5.41) is 3.46. The highest BCUT2D eigenvalue weighted by molar-refractivity contribution is 9.10. The summed E-state index contributed by atoms with van der Waals surface area (Å²) in [6.45, 7) is 5.09. The van der Waals surface area contributed by atoms with Crippen LogP contribution in [-0.2, 0) is 17.9 Å². The molecule has 1 amide bonds. The largest absolute Gasteiger partial charge is 0.493 e. The molecule has 4 rings (SSSR count). The third-order valence-corrected chi connectivity index (χ3v) is 6.65. The number of amidine groups is 1. The van der Waals surface area contributed by atoms with Crippen LogP contribution in [0.1, 0.15) is 27.8 Å². The normalized spacial score (nSPS) is 15.6. The monoisotopic (exact) mass is 536 g/mol. The number of aryl methyl sites for hydroxylation is 2. The molecule has 1 heterocycles. The van der Waals surface area contributed by atoms with Gasteiger partial charge in [-0.25, -0.2) is 0 Å². The summed E-state index contributed by atoms with van der Waals surface area (Å²) in [6, 6.07) is 20.1. The van der Waals surface area contributed by atoms with Crippen LogP contribution in [0.3, 0.4) is 0 Å². The molecule has 34 heavy (non-hydrogen) atoms. The van der Waals surface area contributed by atoms with Crippen molar-refractivity contribution in [2.75, 3.05) is 7.11 Å². The zero-order chi connectivity index (χ0) is 24.1. The van der Waals surface area contributed by atoms with E-state index in [1.54, 1.807) is 7.11 Å². The molecule has 1 fully saturated rings. The number of ether oxygens (including phenoxy) is 2. The highest BCUT2D eigenvalue weighted by atomic mass is 79.9. The summed E-state index contributed by atoms with van der Waals surface area (Å²) >= 11 is 4.92. The van der Waals surface area contributed by atoms with Crippen molar-refractivity contribution in [3.63, 3.8) is 0 Å². The van der Waals surface area contributed by atoms with Crippen LogP contribution in [0.15, 0.2) is 75.0 Å². The molecule has 174 valence electrons. The fourth-order valence-corrected chi connectivity index (χ4v) is 5.06. The molecule has 0 unspecified atom stereocenters. The average molecular weight is 537 g/mol. The molecule has 0 aliphatic carbocycles. The van der Waals surface area contributed by atoms with Crippen LogP contribution >= 0.6 is 27.7 Å². The van der Waals surface area contributed by atoms with Crippen LogP contribution in [-0.4, -0.2) is 18.2 Å². The molecule has 0 saturated carbocycles. The number of benzene rings is 3. The van der Waals surface area contributed by atoms with Gasteiger partial charge in [-0.2, -0.15) is 0 Å². The molecule has 1 aliphatic heterocycles. The molecular formula is C27H25BrN2O3S. The number of nitrogens with one attached hydrogen (secondary N) is 1. The van der Waals surface area contributed by atoms with Crippen LogP contribution in [0, 0.1) is 13.8 Å². The molecular weight excluding hydrogens is 512 g/mol. The van der Waals surface area contributed by atoms with Crippen molar-refractivity contribution in [1.29, 1.82) is 0 Å². The minimum atomic E-state index is -0.163. The molecule has 1 saturated heterocycles. The van der Waals surface area contributed by atoms with E-state index >= 15 is 0 Å². The first-order chi connectivity index (χ1) is 16.4. The second kappa shape index (κ2) is 10.9. The third-order valence-electron chi connectivity index (χ3n) is 5.11. The number of hydrogen-bond acceptors (Lipinski definition) is 5. The molecule has 0 radical (unpaired) electrons. The predicted molar refractivity (Wildman–Crippen MR) is 142 cm³/mol. The standard InChI is InChI=1S/C27H25BrN2O3S/c1-17-9-18(2)11-21(10-17)15-29-27-30-26(31)24(34-27)14-20-12-22(28)25(23(13-20)32-3)33-16-19-7-5-4-6-8-19/h4-14H,15-16H2,1-3H3,(H,29,30,31)/b24-14-. The lowest BCUT2D eigenvalue weighted by Crippen LogP contribution is -2.19. The number of rotatable bonds is 7. The molecule has 0 atom stereocenters. The Kier molecular flexibility index (Phi) is 7.75. The van der Waals surface area contributed by atoms with Gasteiger partial charge < -0.3 is 14.8 Å². The molecule has 1 aliphatic rings. The molecule has 1 N–H and O–H groups in total. The van der Waals surface area contributed by atoms with Gasteiger partial charge in [-0.05, 0) is 76.4 Å². The van der Waals surface area contributed by atoms with E-state index in [1.165, 1.54) is 22.9 Å². The Bertz CT molecular complexity index is 1250. The summed E-state index contributed by atoms with van der Waals surface area (Å²) in [6.07, 6.45) is 1.83. The third kappa shape index (κ3) is 6.10. The Hall–Kier alpha value is -3.03. The molecule has 0 bridgehead atoms. The lowest BCUT2D eigenvalue weighted by atomic mass is 10.1. The summed E-state index contributed by atoms with van der Waals surface area (Å²) in [5.41, 5.74) is 5.42. The SMILES string of the molecule is COc1cc(/C=C2\SC(=NCc3cc(C)cc(C)c3)NC2=O)cc(Br)c1OCc1ccccc1. The zero-order valence-corrected chi connectivity index (χ0v) is 21.6. The van der Waals surface area contributed by atoms with E-state index in [0.717, 1.165) is 21.2 Å². The lowest BCUT2D eigenvalue weighted by molar-refractivity contribution is -0.115. The second-order valence-corrected chi connectivity index (χ2v) is 9.88. The Labute approximate surface area is 212 Å². The van der Waals surface area contributed by atoms with Crippen LogP contribution in [0.2, 0.25) is 0 Å². The molecule has 0 aromatic heterocycles. The number of aliphatic imine (C=N–C) groups is 1. The quantitative estimate of drug-likeness (QED) is 0.354. The minimum absolute atomic E-state index is 0.163. The second-order valence-electron chi connectivity index (χ2n) is 7.99. The summed E-state index contributed by atoms with van der Waals surface area (Å²) < 4.78 is 12.3. The minimum Gasteiger partial charge on any atom is -0.493 e. The first-order valence-corrected chi connectivity index (χ1v) is 12.4. The highest BCUT2D eigenvalue weighted by Crippen LogP contribution is 2.38. The number of hydrogen-bond donors (Lipinski definition) is 1. The average Bonchev–Trinajstić information content (AvgIpc) is 3.15. The first-order valence-electron chi connectivity index (χ1n) is 10.8. The predicted octanol–water partition coefficient (Wildman–Crippen LogP) is 6.41. The fraction of sp³-hybridized carbons (Fsp3) is 0.185. The van der Waals surface area contributed by atoms with Gasteiger partial charge >= 0.3 is 0 Å². The Balaban J connectivity index is 1.49. The van der Waals surface area contributed by atoms with E-state index in [4.69, 9.17) is 9.47 Å². The van der Waals surface area contributed by atoms with Crippen molar-refractivity contribution < 1.29 is 14.3 Å². The van der Waals surface area contributed by atoms with Crippen LogP contribution in [0.4, 0.5) is 0 Å². The zero-order valence-electron chi connectivity index (χ0n) is 19.2. The van der Waals surface area contributed by atoms with E-state index in [1.807, 2.05) is 48.5 Å². The first kappa shape index (κ1) is 24.1. The number of amides is 1. The summed E-state index contributed by atoms with van der Waals surface area (Å²) in [5.74, 6) is 1.04. The summed E-state index contributed by atoms with van der Waals surface area (Å²) in [7, 11) is 1.60. The number of methoxy groups -OCH3 is 1. The number of carbonyl (C=O) groups is 1. The van der Waals surface area contributed by atoms with E-state index in [9.17, 15) is 4.79 Å². The fourth-order valence-electron chi connectivity index (χ4n) is 3.67. The van der Waals surface area contributed by atoms with Crippen molar-refractivity contribution in [2.24, 2.45) is 4.99 Å². The van der Waals surface area contributed by atoms with Crippen LogP contribution in [0.5, 0.6) is 11.5 Å².